The van der Waals surface area contributed by atoms with Crippen LogP contribution in [0.5, 0.6) is 0 Å². The number of hydrogen-bond donors (Lipinski definition) is 2. The van der Waals surface area contributed by atoms with Crippen LogP contribution in [0, 0.1) is 11.8 Å². The summed E-state index contributed by atoms with van der Waals surface area (Å²) < 4.78 is 26.5. The molecule has 0 saturated heterocycles. The molecule has 17 heavy (non-hydrogen) atoms. The zero-order chi connectivity index (χ0) is 12.5. The van der Waals surface area contributed by atoms with Gasteiger partial charge < -0.3 is 5.73 Å². The molecule has 0 aliphatic heterocycles. The van der Waals surface area contributed by atoms with Crippen LogP contribution < -0.4 is 10.5 Å². The maximum atomic E-state index is 11.9. The molecule has 2 rings (SSSR count). The monoisotopic (exact) mass is 255 g/mol. The highest BCUT2D eigenvalue weighted by Crippen LogP contribution is 2.36. The van der Waals surface area contributed by atoms with Crippen LogP contribution >= 0.6 is 0 Å². The molecule has 6 heteroatoms. The summed E-state index contributed by atoms with van der Waals surface area (Å²) in [7, 11) is -3.58. The fourth-order valence-electron chi connectivity index (χ4n) is 1.77. The van der Waals surface area contributed by atoms with E-state index in [0.717, 1.165) is 0 Å². The molecule has 0 aromatic carbocycles. The van der Waals surface area contributed by atoms with Crippen LogP contribution in [0.15, 0.2) is 23.4 Å². The minimum Gasteiger partial charge on any atom is -0.396 e. The highest BCUT2D eigenvalue weighted by Gasteiger charge is 2.29. The number of aromatic nitrogens is 1. The van der Waals surface area contributed by atoms with Crippen molar-refractivity contribution < 1.29 is 8.42 Å². The third-order valence-electron chi connectivity index (χ3n) is 3.08. The molecule has 1 heterocycles. The summed E-state index contributed by atoms with van der Waals surface area (Å²) in [4.78, 5) is 3.81. The highest BCUT2D eigenvalue weighted by atomic mass is 32.2. The van der Waals surface area contributed by atoms with Crippen LogP contribution in [0.1, 0.15) is 19.8 Å². The van der Waals surface area contributed by atoms with Gasteiger partial charge in [0.2, 0.25) is 0 Å². The first-order valence-electron chi connectivity index (χ1n) is 5.71. The lowest BCUT2D eigenvalue weighted by Crippen LogP contribution is -2.30. The van der Waals surface area contributed by atoms with Crippen molar-refractivity contribution in [3.8, 4) is 0 Å². The van der Waals surface area contributed by atoms with Crippen LogP contribution in [0.25, 0.3) is 0 Å². The van der Waals surface area contributed by atoms with E-state index in [4.69, 9.17) is 5.73 Å². The predicted octanol–water partition coefficient (Wildman–Crippen LogP) is 0.988. The first kappa shape index (κ1) is 12.3. The molecule has 94 valence electrons. The normalized spacial score (nSPS) is 17.9. The maximum absolute atomic E-state index is 11.9. The summed E-state index contributed by atoms with van der Waals surface area (Å²) in [6, 6.07) is 3.15. The lowest BCUT2D eigenvalue weighted by molar-refractivity contribution is 0.491. The average Bonchev–Trinajstić information content (AvgIpc) is 3.10. The van der Waals surface area contributed by atoms with Crippen molar-refractivity contribution in [2.24, 2.45) is 11.8 Å². The van der Waals surface area contributed by atoms with Gasteiger partial charge in [-0.2, -0.15) is 0 Å². The van der Waals surface area contributed by atoms with Gasteiger partial charge in [-0.3, -0.25) is 0 Å². The number of pyridine rings is 1. The van der Waals surface area contributed by atoms with Crippen LogP contribution in [0.2, 0.25) is 0 Å². The van der Waals surface area contributed by atoms with Crippen molar-refractivity contribution in [2.45, 2.75) is 24.8 Å². The van der Waals surface area contributed by atoms with Gasteiger partial charge in [-0.25, -0.2) is 18.1 Å². The standard InChI is InChI=1S/C11H17N3O2S/c1-8(9-4-5-9)7-14-17(15,16)11-10(12)3-2-6-13-11/h2-3,6,8-9,14H,4-5,7,12H2,1H3. The van der Waals surface area contributed by atoms with Gasteiger partial charge in [0.25, 0.3) is 10.0 Å². The molecule has 3 N–H and O–H groups in total. The highest BCUT2D eigenvalue weighted by molar-refractivity contribution is 7.89. The van der Waals surface area contributed by atoms with Crippen LogP contribution in [-0.2, 0) is 10.0 Å². The molecule has 5 nitrogen and oxygen atoms in total. The summed E-state index contributed by atoms with van der Waals surface area (Å²) in [6.45, 7) is 2.50. The molecule has 1 aromatic heterocycles. The van der Waals surface area contributed by atoms with E-state index in [-0.39, 0.29) is 10.7 Å². The van der Waals surface area contributed by atoms with Gasteiger partial charge in [0.05, 0.1) is 5.69 Å². The number of rotatable bonds is 5. The van der Waals surface area contributed by atoms with E-state index >= 15 is 0 Å². The Balaban J connectivity index is 2.05. The molecule has 0 spiro atoms. The van der Waals surface area contributed by atoms with E-state index in [9.17, 15) is 8.42 Å². The third-order valence-corrected chi connectivity index (χ3v) is 4.47. The van der Waals surface area contributed by atoms with Gasteiger partial charge in [0.1, 0.15) is 0 Å². The van der Waals surface area contributed by atoms with Crippen LogP contribution in [0.3, 0.4) is 0 Å². The largest absolute Gasteiger partial charge is 0.396 e. The average molecular weight is 255 g/mol. The fraction of sp³-hybridized carbons (Fsp3) is 0.545. The molecule has 0 radical (unpaired) electrons. The van der Waals surface area contributed by atoms with Crippen molar-refractivity contribution in [3.63, 3.8) is 0 Å². The summed E-state index contributed by atoms with van der Waals surface area (Å²) in [6.07, 6.45) is 3.83. The Bertz CT molecular complexity index is 497. The predicted molar refractivity (Wildman–Crippen MR) is 65.7 cm³/mol. The Morgan fingerprint density at radius 2 is 2.29 bits per heavy atom. The SMILES string of the molecule is CC(CNS(=O)(=O)c1ncccc1N)C1CC1. The fourth-order valence-corrected chi connectivity index (χ4v) is 2.97. The van der Waals surface area contributed by atoms with Gasteiger partial charge in [-0.1, -0.05) is 6.92 Å². The summed E-state index contributed by atoms with van der Waals surface area (Å²) in [5.41, 5.74) is 5.78. The van der Waals surface area contributed by atoms with Gasteiger partial charge in [0.15, 0.2) is 5.03 Å². The summed E-state index contributed by atoms with van der Waals surface area (Å²) >= 11 is 0. The molecule has 1 aliphatic rings. The Hall–Kier alpha value is -1.14. The third kappa shape index (κ3) is 2.95. The van der Waals surface area contributed by atoms with Gasteiger partial charge in [-0.05, 0) is 36.8 Å². The molecule has 0 bridgehead atoms. The van der Waals surface area contributed by atoms with E-state index in [1.54, 1.807) is 6.07 Å². The Morgan fingerprint density at radius 1 is 1.59 bits per heavy atom. The van der Waals surface area contributed by atoms with Crippen LogP contribution in [-0.4, -0.2) is 19.9 Å². The molecule has 1 unspecified atom stereocenters. The molecule has 1 aliphatic carbocycles. The van der Waals surface area contributed by atoms with E-state index < -0.39 is 10.0 Å². The second kappa shape index (κ2) is 4.62. The second-order valence-corrected chi connectivity index (χ2v) is 6.25. The minimum absolute atomic E-state index is 0.0806. The first-order valence-corrected chi connectivity index (χ1v) is 7.19. The zero-order valence-electron chi connectivity index (χ0n) is 9.76. The lowest BCUT2D eigenvalue weighted by atomic mass is 10.1. The van der Waals surface area contributed by atoms with E-state index in [0.29, 0.717) is 18.4 Å². The number of sulfonamides is 1. The van der Waals surface area contributed by atoms with Gasteiger partial charge >= 0.3 is 0 Å². The number of nitrogens with one attached hydrogen (secondary N) is 1. The smallest absolute Gasteiger partial charge is 0.260 e. The Labute approximate surface area is 101 Å². The molecule has 1 aromatic rings. The van der Waals surface area contributed by atoms with Gasteiger partial charge in [-0.15, -0.1) is 0 Å². The van der Waals surface area contributed by atoms with Crippen LogP contribution in [0.4, 0.5) is 5.69 Å². The maximum Gasteiger partial charge on any atom is 0.260 e. The van der Waals surface area contributed by atoms with Crippen molar-refractivity contribution in [1.82, 2.24) is 9.71 Å². The molecular formula is C11H17N3O2S. The quantitative estimate of drug-likeness (QED) is 0.821. The summed E-state index contributed by atoms with van der Waals surface area (Å²) in [5, 5.41) is -0.0806. The van der Waals surface area contributed by atoms with Crippen molar-refractivity contribution in [2.75, 3.05) is 12.3 Å². The number of nitrogens with zero attached hydrogens (tertiary/aromatic N) is 1. The first-order chi connectivity index (χ1) is 8.00. The summed E-state index contributed by atoms with van der Waals surface area (Å²) in [5.74, 6) is 1.04. The molecule has 1 atom stereocenters. The number of nitrogen functional groups attached to an aromatic ring is 1. The number of hydrogen-bond acceptors (Lipinski definition) is 4. The topological polar surface area (TPSA) is 85.1 Å². The Kier molecular flexibility index (Phi) is 3.35. The molecule has 1 fully saturated rings. The molecule has 0 amide bonds. The van der Waals surface area contributed by atoms with E-state index in [2.05, 4.69) is 16.6 Å². The number of anilines is 1. The van der Waals surface area contributed by atoms with E-state index in [1.165, 1.54) is 25.1 Å². The van der Waals surface area contributed by atoms with Gasteiger partial charge in [0, 0.05) is 12.7 Å². The van der Waals surface area contributed by atoms with Crippen molar-refractivity contribution in [3.05, 3.63) is 18.3 Å². The minimum atomic E-state index is -3.58. The molecular weight excluding hydrogens is 238 g/mol. The van der Waals surface area contributed by atoms with Crippen molar-refractivity contribution >= 4 is 15.7 Å². The Morgan fingerprint density at radius 3 is 2.88 bits per heavy atom. The van der Waals surface area contributed by atoms with E-state index in [1.807, 2.05) is 0 Å². The molecule has 1 saturated carbocycles. The lowest BCUT2D eigenvalue weighted by Gasteiger charge is -2.12. The van der Waals surface area contributed by atoms with Crippen molar-refractivity contribution in [1.29, 1.82) is 0 Å². The number of nitrogens with two attached hydrogens (primary N) is 1. The zero-order valence-corrected chi connectivity index (χ0v) is 10.6. The second-order valence-electron chi connectivity index (χ2n) is 4.56.